The molecule has 1 saturated heterocycles. The lowest BCUT2D eigenvalue weighted by Gasteiger charge is -2.27. The number of carboxylic acids is 1. The molecule has 0 saturated carbocycles. The minimum Gasteiger partial charge on any atom is -0.478 e. The predicted octanol–water partition coefficient (Wildman–Crippen LogP) is 1.84. The minimum atomic E-state index is -0.971. The third-order valence-corrected chi connectivity index (χ3v) is 3.95. The molecule has 1 amide bonds. The summed E-state index contributed by atoms with van der Waals surface area (Å²) < 4.78 is 5.54. The van der Waals surface area contributed by atoms with Crippen molar-refractivity contribution in [3.63, 3.8) is 0 Å². The standard InChI is InChI=1S/C15H17NO4/c17-14(13-3-1-2-8-20-13)16-7-6-10-4-5-11(15(18)19)9-12(10)16/h4-5,9,13H,1-3,6-8H2,(H,18,19). The van der Waals surface area contributed by atoms with Gasteiger partial charge >= 0.3 is 5.97 Å². The Kier molecular flexibility index (Phi) is 3.44. The lowest BCUT2D eigenvalue weighted by molar-refractivity contribution is -0.132. The zero-order valence-corrected chi connectivity index (χ0v) is 11.2. The molecule has 20 heavy (non-hydrogen) atoms. The second-order valence-corrected chi connectivity index (χ2v) is 5.24. The van der Waals surface area contributed by atoms with Gasteiger partial charge in [0.15, 0.2) is 0 Å². The number of rotatable bonds is 2. The molecule has 1 aromatic carbocycles. The van der Waals surface area contributed by atoms with E-state index in [2.05, 4.69) is 0 Å². The summed E-state index contributed by atoms with van der Waals surface area (Å²) in [6, 6.07) is 4.98. The Morgan fingerprint density at radius 2 is 2.15 bits per heavy atom. The van der Waals surface area contributed by atoms with Crippen molar-refractivity contribution in [2.75, 3.05) is 18.1 Å². The number of nitrogens with zero attached hydrogens (tertiary/aromatic N) is 1. The van der Waals surface area contributed by atoms with Crippen molar-refractivity contribution in [3.05, 3.63) is 29.3 Å². The van der Waals surface area contributed by atoms with E-state index in [-0.39, 0.29) is 17.6 Å². The summed E-state index contributed by atoms with van der Waals surface area (Å²) in [4.78, 5) is 25.2. The summed E-state index contributed by atoms with van der Waals surface area (Å²) >= 11 is 0. The molecule has 106 valence electrons. The van der Waals surface area contributed by atoms with E-state index in [1.807, 2.05) is 0 Å². The quantitative estimate of drug-likeness (QED) is 0.894. The number of anilines is 1. The molecular weight excluding hydrogens is 258 g/mol. The van der Waals surface area contributed by atoms with Gasteiger partial charge in [0.2, 0.25) is 0 Å². The second-order valence-electron chi connectivity index (χ2n) is 5.24. The maximum atomic E-state index is 12.5. The van der Waals surface area contributed by atoms with Gasteiger partial charge < -0.3 is 14.7 Å². The van der Waals surface area contributed by atoms with Crippen LogP contribution in [0.3, 0.4) is 0 Å². The molecule has 0 radical (unpaired) electrons. The molecule has 1 N–H and O–H groups in total. The largest absolute Gasteiger partial charge is 0.478 e. The number of benzene rings is 1. The van der Waals surface area contributed by atoms with E-state index in [9.17, 15) is 9.59 Å². The molecule has 1 fully saturated rings. The smallest absolute Gasteiger partial charge is 0.335 e. The van der Waals surface area contributed by atoms with E-state index in [0.717, 1.165) is 36.9 Å². The van der Waals surface area contributed by atoms with E-state index in [1.54, 1.807) is 23.1 Å². The average Bonchev–Trinajstić information content (AvgIpc) is 2.90. The maximum Gasteiger partial charge on any atom is 0.335 e. The van der Waals surface area contributed by atoms with Gasteiger partial charge in [-0.25, -0.2) is 4.79 Å². The van der Waals surface area contributed by atoms with Crippen LogP contribution in [0.5, 0.6) is 0 Å². The van der Waals surface area contributed by atoms with Crippen LogP contribution in [0.25, 0.3) is 0 Å². The first-order valence-corrected chi connectivity index (χ1v) is 6.96. The van der Waals surface area contributed by atoms with E-state index in [1.165, 1.54) is 0 Å². The number of carbonyl (C=O) groups is 2. The van der Waals surface area contributed by atoms with Crippen LogP contribution in [0.1, 0.15) is 35.2 Å². The molecule has 1 aromatic rings. The molecule has 0 bridgehead atoms. The van der Waals surface area contributed by atoms with Crippen LogP contribution >= 0.6 is 0 Å². The highest BCUT2D eigenvalue weighted by atomic mass is 16.5. The normalized spacial score (nSPS) is 21.6. The third-order valence-electron chi connectivity index (χ3n) is 3.95. The summed E-state index contributed by atoms with van der Waals surface area (Å²) in [6.45, 7) is 1.24. The SMILES string of the molecule is O=C(O)c1ccc2c(c1)N(C(=O)C1CCCCO1)CC2. The van der Waals surface area contributed by atoms with E-state index in [4.69, 9.17) is 9.84 Å². The fraction of sp³-hybridized carbons (Fsp3) is 0.467. The van der Waals surface area contributed by atoms with Crippen molar-refractivity contribution in [1.82, 2.24) is 0 Å². The molecule has 3 rings (SSSR count). The molecule has 2 aliphatic heterocycles. The summed E-state index contributed by atoms with van der Waals surface area (Å²) in [5.74, 6) is -1.01. The maximum absolute atomic E-state index is 12.5. The number of amides is 1. The second kappa shape index (κ2) is 5.25. The summed E-state index contributed by atoms with van der Waals surface area (Å²) in [5, 5.41) is 9.06. The monoisotopic (exact) mass is 275 g/mol. The third kappa shape index (κ3) is 2.29. The van der Waals surface area contributed by atoms with Crippen LogP contribution in [0.4, 0.5) is 5.69 Å². The predicted molar refractivity (Wildman–Crippen MR) is 73.0 cm³/mol. The highest BCUT2D eigenvalue weighted by Crippen LogP contribution is 2.31. The number of aromatic carboxylic acids is 1. The van der Waals surface area contributed by atoms with Gasteiger partial charge in [-0.15, -0.1) is 0 Å². The number of carbonyl (C=O) groups excluding carboxylic acids is 1. The molecule has 1 atom stereocenters. The number of hydrogen-bond acceptors (Lipinski definition) is 3. The Labute approximate surface area is 117 Å². The summed E-state index contributed by atoms with van der Waals surface area (Å²) in [6.07, 6.45) is 3.16. The highest BCUT2D eigenvalue weighted by molar-refractivity contribution is 6.00. The molecular formula is C15H17NO4. The van der Waals surface area contributed by atoms with E-state index < -0.39 is 5.97 Å². The van der Waals surface area contributed by atoms with Crippen molar-refractivity contribution in [2.24, 2.45) is 0 Å². The lowest BCUT2D eigenvalue weighted by Crippen LogP contribution is -2.41. The van der Waals surface area contributed by atoms with Crippen LogP contribution in [0.2, 0.25) is 0 Å². The van der Waals surface area contributed by atoms with E-state index >= 15 is 0 Å². The molecule has 0 aromatic heterocycles. The zero-order valence-electron chi connectivity index (χ0n) is 11.2. The van der Waals surface area contributed by atoms with Crippen LogP contribution in [-0.4, -0.2) is 36.2 Å². The van der Waals surface area contributed by atoms with Crippen LogP contribution < -0.4 is 4.90 Å². The van der Waals surface area contributed by atoms with Gasteiger partial charge in [0.25, 0.3) is 5.91 Å². The average molecular weight is 275 g/mol. The van der Waals surface area contributed by atoms with Gasteiger partial charge in [-0.3, -0.25) is 4.79 Å². The number of carboxylic acid groups (broad SMARTS) is 1. The van der Waals surface area contributed by atoms with Crippen molar-refractivity contribution >= 4 is 17.6 Å². The molecule has 1 unspecified atom stereocenters. The summed E-state index contributed by atoms with van der Waals surface area (Å²) in [5.41, 5.74) is 1.97. The molecule has 0 aliphatic carbocycles. The Bertz CT molecular complexity index is 549. The Morgan fingerprint density at radius 1 is 1.30 bits per heavy atom. The Hall–Kier alpha value is -1.88. The number of hydrogen-bond donors (Lipinski definition) is 1. The van der Waals surface area contributed by atoms with Crippen molar-refractivity contribution < 1.29 is 19.4 Å². The highest BCUT2D eigenvalue weighted by Gasteiger charge is 2.32. The van der Waals surface area contributed by atoms with Crippen molar-refractivity contribution in [1.29, 1.82) is 0 Å². The lowest BCUT2D eigenvalue weighted by atomic mass is 10.1. The number of fused-ring (bicyclic) bond motifs is 1. The molecule has 5 nitrogen and oxygen atoms in total. The molecule has 5 heteroatoms. The molecule has 2 aliphatic rings. The van der Waals surface area contributed by atoms with Gasteiger partial charge in [0.1, 0.15) is 6.10 Å². The topological polar surface area (TPSA) is 66.8 Å². The first-order valence-electron chi connectivity index (χ1n) is 6.96. The summed E-state index contributed by atoms with van der Waals surface area (Å²) in [7, 11) is 0. The first-order chi connectivity index (χ1) is 9.66. The fourth-order valence-corrected chi connectivity index (χ4v) is 2.85. The minimum absolute atomic E-state index is 0.0361. The van der Waals surface area contributed by atoms with Gasteiger partial charge in [0, 0.05) is 18.8 Å². The zero-order chi connectivity index (χ0) is 14.1. The van der Waals surface area contributed by atoms with Crippen LogP contribution in [0.15, 0.2) is 18.2 Å². The van der Waals surface area contributed by atoms with Crippen LogP contribution in [-0.2, 0) is 16.0 Å². The van der Waals surface area contributed by atoms with Crippen molar-refractivity contribution in [3.8, 4) is 0 Å². The van der Waals surface area contributed by atoms with Crippen molar-refractivity contribution in [2.45, 2.75) is 31.8 Å². The molecule has 2 heterocycles. The van der Waals surface area contributed by atoms with Gasteiger partial charge in [-0.1, -0.05) is 6.07 Å². The van der Waals surface area contributed by atoms with E-state index in [0.29, 0.717) is 13.2 Å². The molecule has 0 spiro atoms. The van der Waals surface area contributed by atoms with Crippen LogP contribution in [0, 0.1) is 0 Å². The Balaban J connectivity index is 1.85. The van der Waals surface area contributed by atoms with Gasteiger partial charge in [0.05, 0.1) is 5.56 Å². The Morgan fingerprint density at radius 3 is 2.85 bits per heavy atom. The van der Waals surface area contributed by atoms with Gasteiger partial charge in [-0.05, 0) is 43.4 Å². The number of ether oxygens (including phenoxy) is 1. The van der Waals surface area contributed by atoms with Gasteiger partial charge in [-0.2, -0.15) is 0 Å². The first kappa shape index (κ1) is 13.1. The fourth-order valence-electron chi connectivity index (χ4n) is 2.85.